The van der Waals surface area contributed by atoms with E-state index in [0.29, 0.717) is 63.1 Å². The third kappa shape index (κ3) is 6.25. The molecule has 0 saturated carbocycles. The number of hydrogen-bond acceptors (Lipinski definition) is 4. The van der Waals surface area contributed by atoms with Crippen molar-refractivity contribution in [2.75, 3.05) is 45.9 Å². The fraction of sp³-hybridized carbons (Fsp3) is 0.529. The second-order valence-corrected chi connectivity index (χ2v) is 7.00. The number of ether oxygens (including phenoxy) is 2. The Labute approximate surface area is 166 Å². The predicted molar refractivity (Wildman–Crippen MR) is 103 cm³/mol. The van der Waals surface area contributed by atoms with Crippen molar-refractivity contribution < 1.29 is 19.1 Å². The van der Waals surface area contributed by atoms with Crippen LogP contribution in [0.1, 0.15) is 13.3 Å². The smallest absolute Gasteiger partial charge is 0.409 e. The zero-order chi connectivity index (χ0) is 18.9. The molecule has 0 aliphatic carbocycles. The summed E-state index contributed by atoms with van der Waals surface area (Å²) in [4.78, 5) is 27.1. The first kappa shape index (κ1) is 20.6. The highest BCUT2D eigenvalue weighted by Crippen LogP contribution is 2.27. The van der Waals surface area contributed by atoms with Gasteiger partial charge in [0.2, 0.25) is 0 Å². The molecule has 1 N–H and O–H groups in total. The topological polar surface area (TPSA) is 71.1 Å². The van der Waals surface area contributed by atoms with E-state index >= 15 is 0 Å². The summed E-state index contributed by atoms with van der Waals surface area (Å²) in [5.41, 5.74) is 0. The number of nitrogens with zero attached hydrogens (tertiary/aromatic N) is 2. The number of carbonyl (C=O) groups excluding carboxylic acids is 2. The van der Waals surface area contributed by atoms with Crippen molar-refractivity contribution in [3.63, 3.8) is 0 Å². The number of nitrogens with one attached hydrogen (secondary N) is 1. The van der Waals surface area contributed by atoms with Crippen LogP contribution < -0.4 is 10.1 Å². The minimum atomic E-state index is -0.323. The van der Waals surface area contributed by atoms with E-state index in [1.807, 2.05) is 6.07 Å². The lowest BCUT2D eigenvalue weighted by Crippen LogP contribution is -2.53. The van der Waals surface area contributed by atoms with Gasteiger partial charge in [-0.1, -0.05) is 27.5 Å². The van der Waals surface area contributed by atoms with E-state index in [-0.39, 0.29) is 12.1 Å². The first-order valence-electron chi connectivity index (χ1n) is 8.53. The molecular formula is C17H23BrClN3O4. The Morgan fingerprint density at radius 3 is 2.58 bits per heavy atom. The molecular weight excluding hydrogens is 426 g/mol. The van der Waals surface area contributed by atoms with Gasteiger partial charge in [0, 0.05) is 37.2 Å². The molecule has 0 unspecified atom stereocenters. The molecule has 26 heavy (non-hydrogen) atoms. The van der Waals surface area contributed by atoms with Crippen molar-refractivity contribution in [3.05, 3.63) is 27.7 Å². The fourth-order valence-corrected chi connectivity index (χ4v) is 3.19. The van der Waals surface area contributed by atoms with Crippen LogP contribution in [0.3, 0.4) is 0 Å². The summed E-state index contributed by atoms with van der Waals surface area (Å²) in [6, 6.07) is 5.30. The van der Waals surface area contributed by atoms with Crippen LogP contribution in [0.4, 0.5) is 9.59 Å². The minimum Gasteiger partial charge on any atom is -0.492 e. The van der Waals surface area contributed by atoms with Crippen molar-refractivity contribution in [3.8, 4) is 5.75 Å². The Morgan fingerprint density at radius 2 is 1.92 bits per heavy atom. The SMILES string of the molecule is CCOC(=O)N1CCN(C(=O)NCCCOc2ccc(Br)cc2Cl)CC1. The Kier molecular flexibility index (Phi) is 8.31. The lowest BCUT2D eigenvalue weighted by Gasteiger charge is -2.34. The third-order valence-electron chi connectivity index (χ3n) is 3.84. The van der Waals surface area contributed by atoms with Gasteiger partial charge in [-0.3, -0.25) is 0 Å². The van der Waals surface area contributed by atoms with Gasteiger partial charge in [-0.05, 0) is 31.5 Å². The van der Waals surface area contributed by atoms with Crippen molar-refractivity contribution in [1.82, 2.24) is 15.1 Å². The number of hydrogen-bond donors (Lipinski definition) is 1. The van der Waals surface area contributed by atoms with E-state index < -0.39 is 0 Å². The largest absolute Gasteiger partial charge is 0.492 e. The highest BCUT2D eigenvalue weighted by Gasteiger charge is 2.24. The molecule has 1 aromatic rings. The average molecular weight is 449 g/mol. The van der Waals surface area contributed by atoms with Crippen molar-refractivity contribution in [2.45, 2.75) is 13.3 Å². The highest BCUT2D eigenvalue weighted by molar-refractivity contribution is 9.10. The molecule has 7 nitrogen and oxygen atoms in total. The number of urea groups is 1. The molecule has 9 heteroatoms. The maximum Gasteiger partial charge on any atom is 0.409 e. The van der Waals surface area contributed by atoms with E-state index in [2.05, 4.69) is 21.2 Å². The van der Waals surface area contributed by atoms with Gasteiger partial charge < -0.3 is 24.6 Å². The van der Waals surface area contributed by atoms with Crippen LogP contribution in [-0.2, 0) is 4.74 Å². The molecule has 2 rings (SSSR count). The predicted octanol–water partition coefficient (Wildman–Crippen LogP) is 3.36. The van der Waals surface area contributed by atoms with Gasteiger partial charge in [-0.25, -0.2) is 9.59 Å². The maximum absolute atomic E-state index is 12.1. The summed E-state index contributed by atoms with van der Waals surface area (Å²) in [6.07, 6.45) is 0.345. The van der Waals surface area contributed by atoms with Gasteiger partial charge >= 0.3 is 12.1 Å². The van der Waals surface area contributed by atoms with E-state index in [9.17, 15) is 9.59 Å². The number of rotatable bonds is 6. The second-order valence-electron chi connectivity index (χ2n) is 5.68. The van der Waals surface area contributed by atoms with E-state index in [0.717, 1.165) is 4.47 Å². The summed E-state index contributed by atoms with van der Waals surface area (Å²) in [5, 5.41) is 3.41. The Bertz CT molecular complexity index is 624. The average Bonchev–Trinajstić information content (AvgIpc) is 2.63. The zero-order valence-electron chi connectivity index (χ0n) is 14.7. The second kappa shape index (κ2) is 10.5. The molecule has 1 aliphatic rings. The highest BCUT2D eigenvalue weighted by atomic mass is 79.9. The lowest BCUT2D eigenvalue weighted by atomic mass is 10.3. The quantitative estimate of drug-likeness (QED) is 0.678. The van der Waals surface area contributed by atoms with Gasteiger partial charge in [0.25, 0.3) is 0 Å². The molecule has 1 saturated heterocycles. The van der Waals surface area contributed by atoms with Crippen LogP contribution in [-0.4, -0.2) is 67.9 Å². The van der Waals surface area contributed by atoms with Gasteiger partial charge in [0.05, 0.1) is 18.2 Å². The first-order valence-corrected chi connectivity index (χ1v) is 9.70. The lowest BCUT2D eigenvalue weighted by molar-refractivity contribution is 0.0851. The molecule has 1 aromatic carbocycles. The summed E-state index contributed by atoms with van der Waals surface area (Å²) in [6.45, 7) is 5.05. The molecule has 0 spiro atoms. The molecule has 0 atom stereocenters. The number of halogens is 2. The number of piperazine rings is 1. The van der Waals surface area contributed by atoms with E-state index in [1.165, 1.54) is 0 Å². The van der Waals surface area contributed by atoms with Gasteiger partial charge in [-0.2, -0.15) is 0 Å². The molecule has 1 fully saturated rings. The van der Waals surface area contributed by atoms with E-state index in [1.54, 1.807) is 28.9 Å². The van der Waals surface area contributed by atoms with Crippen LogP contribution in [0, 0.1) is 0 Å². The summed E-state index contributed by atoms with van der Waals surface area (Å²) >= 11 is 9.42. The third-order valence-corrected chi connectivity index (χ3v) is 4.63. The zero-order valence-corrected chi connectivity index (χ0v) is 17.0. The normalized spacial score (nSPS) is 14.1. The fourth-order valence-electron chi connectivity index (χ4n) is 2.46. The molecule has 144 valence electrons. The summed E-state index contributed by atoms with van der Waals surface area (Å²) in [5.74, 6) is 0.622. The van der Waals surface area contributed by atoms with Crippen molar-refractivity contribution >= 4 is 39.7 Å². The summed E-state index contributed by atoms with van der Waals surface area (Å²) in [7, 11) is 0. The molecule has 1 aliphatic heterocycles. The van der Waals surface area contributed by atoms with Gasteiger partial charge in [0.15, 0.2) is 0 Å². The first-order chi connectivity index (χ1) is 12.5. The van der Waals surface area contributed by atoms with Crippen LogP contribution in [0.5, 0.6) is 5.75 Å². The minimum absolute atomic E-state index is 0.129. The number of carbonyl (C=O) groups is 2. The Hall–Kier alpha value is -1.67. The number of amides is 3. The molecule has 1 heterocycles. The standard InChI is InChI=1S/C17H23BrClN3O4/c1-2-25-17(24)22-9-7-21(8-10-22)16(23)20-6-3-11-26-15-5-4-13(18)12-14(15)19/h4-5,12H,2-3,6-11H2,1H3,(H,20,23). The van der Waals surface area contributed by atoms with Gasteiger partial charge in [-0.15, -0.1) is 0 Å². The monoisotopic (exact) mass is 447 g/mol. The molecule has 3 amide bonds. The van der Waals surface area contributed by atoms with E-state index in [4.69, 9.17) is 21.1 Å². The van der Waals surface area contributed by atoms with Crippen LogP contribution >= 0.6 is 27.5 Å². The van der Waals surface area contributed by atoms with Crippen molar-refractivity contribution in [2.24, 2.45) is 0 Å². The van der Waals surface area contributed by atoms with Gasteiger partial charge in [0.1, 0.15) is 5.75 Å². The van der Waals surface area contributed by atoms with Crippen LogP contribution in [0.15, 0.2) is 22.7 Å². The van der Waals surface area contributed by atoms with Crippen LogP contribution in [0.2, 0.25) is 5.02 Å². The maximum atomic E-state index is 12.1. The number of benzene rings is 1. The molecule has 0 radical (unpaired) electrons. The summed E-state index contributed by atoms with van der Waals surface area (Å²) < 4.78 is 11.5. The van der Waals surface area contributed by atoms with Crippen molar-refractivity contribution in [1.29, 1.82) is 0 Å². The molecule has 0 bridgehead atoms. The Morgan fingerprint density at radius 1 is 1.23 bits per heavy atom. The Balaban J connectivity index is 1.61. The van der Waals surface area contributed by atoms with Crippen LogP contribution in [0.25, 0.3) is 0 Å². The molecule has 0 aromatic heterocycles.